The highest BCUT2D eigenvalue weighted by Gasteiger charge is 2.27. The van der Waals surface area contributed by atoms with E-state index >= 15 is 0 Å². The van der Waals surface area contributed by atoms with E-state index in [0.717, 1.165) is 38.5 Å². The van der Waals surface area contributed by atoms with Crippen LogP contribution in [0.5, 0.6) is 0 Å². The lowest BCUT2D eigenvalue weighted by Crippen LogP contribution is -2.34. The summed E-state index contributed by atoms with van der Waals surface area (Å²) < 4.78 is 33.6. The Labute approximate surface area is 389 Å². The first-order valence-electron chi connectivity index (χ1n) is 27.1. The first-order valence-corrected chi connectivity index (χ1v) is 28.6. The SMILES string of the molecule is CCCCCCCCCCCCCCCCCCCCCCCCCOCC(COP(=O)(O)OCC(N)C(=O)O)OC(=O)CCCCCCCCCCCCCCCCCCCC. The van der Waals surface area contributed by atoms with Gasteiger partial charge < -0.3 is 25.2 Å². The van der Waals surface area contributed by atoms with Gasteiger partial charge in [-0.05, 0) is 12.8 Å². The van der Waals surface area contributed by atoms with E-state index in [1.54, 1.807) is 0 Å². The predicted molar refractivity (Wildman–Crippen MR) is 263 cm³/mol. The minimum absolute atomic E-state index is 0.0266. The molecule has 0 amide bonds. The number of phosphoric ester groups is 1. The molecule has 3 atom stereocenters. The van der Waals surface area contributed by atoms with E-state index in [9.17, 15) is 19.0 Å². The first kappa shape index (κ1) is 62.0. The Kier molecular flexibility index (Phi) is 48.1. The number of carbonyl (C=O) groups excluding carboxylic acids is 1. The van der Waals surface area contributed by atoms with Gasteiger partial charge in [0.25, 0.3) is 0 Å². The second-order valence-electron chi connectivity index (χ2n) is 18.7. The molecule has 0 aromatic rings. The number of carboxylic acid groups (broad SMARTS) is 1. The number of aliphatic carboxylic acids is 1. The summed E-state index contributed by atoms with van der Waals surface area (Å²) in [6, 6.07) is -1.47. The number of hydrogen-bond donors (Lipinski definition) is 3. The summed E-state index contributed by atoms with van der Waals surface area (Å²) in [6.45, 7) is 3.97. The van der Waals surface area contributed by atoms with Crippen molar-refractivity contribution in [3.8, 4) is 0 Å². The average Bonchev–Trinajstić information content (AvgIpc) is 3.26. The first-order chi connectivity index (χ1) is 30.7. The van der Waals surface area contributed by atoms with Gasteiger partial charge in [-0.25, -0.2) is 4.57 Å². The molecule has 0 bridgehead atoms. The van der Waals surface area contributed by atoms with Crippen LogP contribution in [0.3, 0.4) is 0 Å². The van der Waals surface area contributed by atoms with E-state index < -0.39 is 45.1 Å². The Morgan fingerprint density at radius 2 is 0.730 bits per heavy atom. The number of unbranched alkanes of at least 4 members (excludes halogenated alkanes) is 39. The molecule has 0 fully saturated rings. The van der Waals surface area contributed by atoms with Crippen molar-refractivity contribution in [2.45, 2.75) is 296 Å². The molecule has 0 heterocycles. The molecule has 0 aliphatic rings. The summed E-state index contributed by atoms with van der Waals surface area (Å²) in [5, 5.41) is 8.93. The lowest BCUT2D eigenvalue weighted by Gasteiger charge is -2.20. The van der Waals surface area contributed by atoms with Crippen LogP contribution in [-0.2, 0) is 32.7 Å². The van der Waals surface area contributed by atoms with Crippen molar-refractivity contribution in [1.29, 1.82) is 0 Å². The van der Waals surface area contributed by atoms with Crippen LogP contribution in [-0.4, -0.2) is 60.5 Å². The quantitative estimate of drug-likeness (QED) is 0.0305. The minimum Gasteiger partial charge on any atom is -0.480 e. The van der Waals surface area contributed by atoms with E-state index in [-0.39, 0.29) is 13.0 Å². The number of hydrogen-bond acceptors (Lipinski definition) is 8. The zero-order chi connectivity index (χ0) is 46.2. The third kappa shape index (κ3) is 48.7. The largest absolute Gasteiger partial charge is 0.480 e. The topological polar surface area (TPSA) is 155 Å². The predicted octanol–water partition coefficient (Wildman–Crippen LogP) is 15.9. The molecule has 10 nitrogen and oxygen atoms in total. The Morgan fingerprint density at radius 3 is 1.05 bits per heavy atom. The molecule has 0 aromatic carbocycles. The lowest BCUT2D eigenvalue weighted by atomic mass is 10.0. The summed E-state index contributed by atoms with van der Waals surface area (Å²) in [6.07, 6.45) is 53.1. The van der Waals surface area contributed by atoms with E-state index in [0.29, 0.717) is 6.61 Å². The number of phosphoric acid groups is 1. The monoisotopic (exact) mass is 918 g/mol. The number of esters is 1. The third-order valence-corrected chi connectivity index (χ3v) is 13.3. The molecule has 0 radical (unpaired) electrons. The number of nitrogens with two attached hydrogens (primary N) is 1. The van der Waals surface area contributed by atoms with Crippen LogP contribution < -0.4 is 5.73 Å². The van der Waals surface area contributed by atoms with Crippen LogP contribution in [0.1, 0.15) is 284 Å². The summed E-state index contributed by atoms with van der Waals surface area (Å²) in [5.74, 6) is -1.76. The van der Waals surface area contributed by atoms with Gasteiger partial charge in [0.15, 0.2) is 0 Å². The van der Waals surface area contributed by atoms with Gasteiger partial charge in [-0.3, -0.25) is 18.6 Å². The number of carboxylic acids is 1. The molecule has 0 rings (SSSR count). The molecule has 0 saturated carbocycles. The third-order valence-electron chi connectivity index (χ3n) is 12.4. The summed E-state index contributed by atoms with van der Waals surface area (Å²) in [4.78, 5) is 33.7. The Hall–Kier alpha value is -1.03. The number of carbonyl (C=O) groups is 2. The second-order valence-corrected chi connectivity index (χ2v) is 20.2. The van der Waals surface area contributed by atoms with Gasteiger partial charge in [-0.2, -0.15) is 0 Å². The molecule has 11 heteroatoms. The van der Waals surface area contributed by atoms with E-state index in [4.69, 9.17) is 29.4 Å². The van der Waals surface area contributed by atoms with Gasteiger partial charge in [0.1, 0.15) is 12.1 Å². The fourth-order valence-electron chi connectivity index (χ4n) is 8.20. The highest BCUT2D eigenvalue weighted by atomic mass is 31.2. The van der Waals surface area contributed by atoms with E-state index in [1.807, 2.05) is 0 Å². The molecule has 0 saturated heterocycles. The van der Waals surface area contributed by atoms with Gasteiger partial charge >= 0.3 is 19.8 Å². The Bertz CT molecular complexity index is 1020. The molecule has 4 N–H and O–H groups in total. The van der Waals surface area contributed by atoms with Gasteiger partial charge in [0.05, 0.1) is 19.8 Å². The van der Waals surface area contributed by atoms with Crippen LogP contribution in [0.15, 0.2) is 0 Å². The maximum absolute atomic E-state index is 12.7. The van der Waals surface area contributed by atoms with Crippen molar-refractivity contribution in [3.05, 3.63) is 0 Å². The summed E-state index contributed by atoms with van der Waals surface area (Å²) in [7, 11) is -4.61. The van der Waals surface area contributed by atoms with Crippen molar-refractivity contribution < 1.29 is 42.7 Å². The fourth-order valence-corrected chi connectivity index (χ4v) is 8.97. The standard InChI is InChI=1S/C52H104NO9P/c1-3-5-7-9-11-13-15-17-19-21-23-24-25-26-27-29-31-33-35-37-39-41-43-45-59-46-49(47-60-63(57,58)61-48-50(53)52(55)56)62-51(54)44-42-40-38-36-34-32-30-28-22-20-18-16-14-12-10-8-6-4-2/h49-50H,3-48,53H2,1-2H3,(H,55,56)(H,57,58). The summed E-state index contributed by atoms with van der Waals surface area (Å²) >= 11 is 0. The lowest BCUT2D eigenvalue weighted by molar-refractivity contribution is -0.154. The van der Waals surface area contributed by atoms with Crippen molar-refractivity contribution in [3.63, 3.8) is 0 Å². The number of rotatable bonds is 53. The zero-order valence-corrected chi connectivity index (χ0v) is 42.4. The van der Waals surface area contributed by atoms with Crippen molar-refractivity contribution >= 4 is 19.8 Å². The molecule has 63 heavy (non-hydrogen) atoms. The van der Waals surface area contributed by atoms with Gasteiger partial charge in [0, 0.05) is 13.0 Å². The minimum atomic E-state index is -4.61. The van der Waals surface area contributed by atoms with Crippen molar-refractivity contribution in [2.75, 3.05) is 26.4 Å². The second kappa shape index (κ2) is 48.9. The maximum atomic E-state index is 12.7. The molecule has 0 aromatic heterocycles. The molecular formula is C52H104NO9P. The Morgan fingerprint density at radius 1 is 0.444 bits per heavy atom. The van der Waals surface area contributed by atoms with Crippen LogP contribution in [0.2, 0.25) is 0 Å². The smallest absolute Gasteiger partial charge is 0.472 e. The highest BCUT2D eigenvalue weighted by Crippen LogP contribution is 2.43. The van der Waals surface area contributed by atoms with Crippen molar-refractivity contribution in [1.82, 2.24) is 0 Å². The molecular weight excluding hydrogens is 814 g/mol. The van der Waals surface area contributed by atoms with Crippen molar-refractivity contribution in [2.24, 2.45) is 5.73 Å². The highest BCUT2D eigenvalue weighted by molar-refractivity contribution is 7.47. The summed E-state index contributed by atoms with van der Waals surface area (Å²) in [5.41, 5.74) is 5.38. The zero-order valence-electron chi connectivity index (χ0n) is 41.5. The Balaban J connectivity index is 4.03. The van der Waals surface area contributed by atoms with Crippen LogP contribution in [0.4, 0.5) is 0 Å². The molecule has 3 unspecified atom stereocenters. The van der Waals surface area contributed by atoms with E-state index in [2.05, 4.69) is 13.8 Å². The van der Waals surface area contributed by atoms with Crippen LogP contribution in [0.25, 0.3) is 0 Å². The number of ether oxygens (including phenoxy) is 2. The molecule has 0 spiro atoms. The van der Waals surface area contributed by atoms with Crippen LogP contribution in [0, 0.1) is 0 Å². The normalized spacial score (nSPS) is 13.6. The molecule has 376 valence electrons. The maximum Gasteiger partial charge on any atom is 0.472 e. The van der Waals surface area contributed by atoms with Crippen LogP contribution >= 0.6 is 7.82 Å². The molecule has 0 aliphatic carbocycles. The van der Waals surface area contributed by atoms with Gasteiger partial charge in [-0.1, -0.05) is 264 Å². The van der Waals surface area contributed by atoms with Gasteiger partial charge in [0.2, 0.25) is 0 Å². The van der Waals surface area contributed by atoms with Gasteiger partial charge in [-0.15, -0.1) is 0 Å². The average molecular weight is 918 g/mol. The van der Waals surface area contributed by atoms with E-state index in [1.165, 1.54) is 225 Å². The fraction of sp³-hybridized carbons (Fsp3) is 0.962. The molecule has 0 aliphatic heterocycles.